The van der Waals surface area contributed by atoms with E-state index in [0.29, 0.717) is 42.3 Å². The van der Waals surface area contributed by atoms with Gasteiger partial charge in [0.15, 0.2) is 5.76 Å². The van der Waals surface area contributed by atoms with Gasteiger partial charge in [0.2, 0.25) is 17.7 Å². The van der Waals surface area contributed by atoms with Crippen LogP contribution >= 0.6 is 0 Å². The summed E-state index contributed by atoms with van der Waals surface area (Å²) in [6, 6.07) is 15.8. The first-order valence-electron chi connectivity index (χ1n) is 9.79. The van der Waals surface area contributed by atoms with Gasteiger partial charge in [-0.3, -0.25) is 0 Å². The lowest BCUT2D eigenvalue weighted by Gasteiger charge is -2.10. The summed E-state index contributed by atoms with van der Waals surface area (Å²) in [5.41, 5.74) is 1.73. The number of benzene rings is 2. The Morgan fingerprint density at radius 3 is 2.06 bits per heavy atom. The van der Waals surface area contributed by atoms with Crippen LogP contribution in [0.2, 0.25) is 0 Å². The van der Waals surface area contributed by atoms with Gasteiger partial charge in [-0.15, -0.1) is 5.10 Å². The van der Waals surface area contributed by atoms with Crippen LogP contribution < -0.4 is 10.6 Å². The fourth-order valence-corrected chi connectivity index (χ4v) is 3.06. The molecule has 0 spiro atoms. The van der Waals surface area contributed by atoms with Crippen molar-refractivity contribution in [3.63, 3.8) is 0 Å². The molecule has 0 fully saturated rings. The van der Waals surface area contributed by atoms with Crippen LogP contribution in [0.25, 0.3) is 17.4 Å². The third kappa shape index (κ3) is 4.24. The Bertz CT molecular complexity index is 1330. The van der Waals surface area contributed by atoms with Gasteiger partial charge in [0.25, 0.3) is 5.78 Å². The van der Waals surface area contributed by atoms with Crippen molar-refractivity contribution in [1.82, 2.24) is 24.6 Å². The molecule has 160 valence electrons. The molecule has 0 aliphatic heterocycles. The van der Waals surface area contributed by atoms with Crippen LogP contribution in [-0.4, -0.2) is 24.6 Å². The maximum Gasteiger partial charge on any atom is 0.259 e. The summed E-state index contributed by atoms with van der Waals surface area (Å²) < 4.78 is 33.2. The lowest BCUT2D eigenvalue weighted by Crippen LogP contribution is -2.12. The van der Waals surface area contributed by atoms with E-state index in [0.717, 1.165) is 11.1 Å². The summed E-state index contributed by atoms with van der Waals surface area (Å²) in [6.45, 7) is 0.784. The SMILES string of the molecule is Fc1ccc(CNc2nc(NCc3ccc(F)cc3)n3nc(-c4ccco4)nc3n2)cc1. The van der Waals surface area contributed by atoms with Gasteiger partial charge in [0, 0.05) is 13.1 Å². The topological polar surface area (TPSA) is 93.2 Å². The van der Waals surface area contributed by atoms with Gasteiger partial charge >= 0.3 is 0 Å². The lowest BCUT2D eigenvalue weighted by molar-refractivity contribution is 0.577. The molecule has 2 aromatic carbocycles. The fourth-order valence-electron chi connectivity index (χ4n) is 3.06. The van der Waals surface area contributed by atoms with Gasteiger partial charge in [-0.25, -0.2) is 8.78 Å². The van der Waals surface area contributed by atoms with E-state index in [1.807, 2.05) is 0 Å². The number of nitrogens with one attached hydrogen (secondary N) is 2. The molecule has 0 aliphatic rings. The molecule has 3 heterocycles. The molecule has 2 N–H and O–H groups in total. The molecule has 0 amide bonds. The van der Waals surface area contributed by atoms with E-state index in [-0.39, 0.29) is 11.6 Å². The summed E-state index contributed by atoms with van der Waals surface area (Å²) in [6.07, 6.45) is 1.54. The fraction of sp³-hybridized carbons (Fsp3) is 0.0909. The minimum absolute atomic E-state index is 0.299. The van der Waals surface area contributed by atoms with Gasteiger partial charge in [0.1, 0.15) is 11.6 Å². The molecule has 0 aliphatic carbocycles. The summed E-state index contributed by atoms with van der Waals surface area (Å²) in [5, 5.41) is 10.8. The number of fused-ring (bicyclic) bond motifs is 1. The summed E-state index contributed by atoms with van der Waals surface area (Å²) >= 11 is 0. The second kappa shape index (κ2) is 8.42. The third-order valence-corrected chi connectivity index (χ3v) is 4.68. The second-order valence-electron chi connectivity index (χ2n) is 6.96. The quantitative estimate of drug-likeness (QED) is 0.396. The Balaban J connectivity index is 1.45. The van der Waals surface area contributed by atoms with E-state index in [9.17, 15) is 8.78 Å². The van der Waals surface area contributed by atoms with Crippen molar-refractivity contribution in [3.05, 3.63) is 89.7 Å². The van der Waals surface area contributed by atoms with E-state index >= 15 is 0 Å². The minimum atomic E-state index is -0.301. The molecule has 5 rings (SSSR count). The van der Waals surface area contributed by atoms with Crippen LogP contribution in [0.3, 0.4) is 0 Å². The predicted molar refractivity (Wildman–Crippen MR) is 114 cm³/mol. The number of rotatable bonds is 7. The molecule has 0 atom stereocenters. The molecule has 0 saturated heterocycles. The molecular weight excluding hydrogens is 416 g/mol. The first kappa shape index (κ1) is 19.6. The molecule has 10 heteroatoms. The predicted octanol–water partition coefficient (Wildman–Crippen LogP) is 4.28. The summed E-state index contributed by atoms with van der Waals surface area (Å²) in [7, 11) is 0. The summed E-state index contributed by atoms with van der Waals surface area (Å²) in [4.78, 5) is 13.4. The van der Waals surface area contributed by atoms with Crippen LogP contribution in [-0.2, 0) is 13.1 Å². The first-order chi connectivity index (χ1) is 15.6. The number of hydrogen-bond acceptors (Lipinski definition) is 7. The highest BCUT2D eigenvalue weighted by Crippen LogP contribution is 2.19. The highest BCUT2D eigenvalue weighted by molar-refractivity contribution is 5.53. The molecule has 0 unspecified atom stereocenters. The van der Waals surface area contributed by atoms with Crippen LogP contribution in [0, 0.1) is 11.6 Å². The summed E-state index contributed by atoms with van der Waals surface area (Å²) in [5.74, 6) is 1.30. The average molecular weight is 433 g/mol. The molecule has 5 aromatic rings. The molecule has 8 nitrogen and oxygen atoms in total. The van der Waals surface area contributed by atoms with Gasteiger partial charge < -0.3 is 15.1 Å². The van der Waals surface area contributed by atoms with Crippen molar-refractivity contribution in [2.24, 2.45) is 0 Å². The van der Waals surface area contributed by atoms with E-state index < -0.39 is 0 Å². The molecule has 0 radical (unpaired) electrons. The zero-order chi connectivity index (χ0) is 21.9. The van der Waals surface area contributed by atoms with E-state index in [1.54, 1.807) is 36.4 Å². The number of aromatic nitrogens is 5. The average Bonchev–Trinajstić information content (AvgIpc) is 3.48. The maximum absolute atomic E-state index is 13.2. The van der Waals surface area contributed by atoms with Crippen molar-refractivity contribution < 1.29 is 13.2 Å². The highest BCUT2D eigenvalue weighted by Gasteiger charge is 2.15. The molecule has 32 heavy (non-hydrogen) atoms. The molecule has 0 bridgehead atoms. The van der Waals surface area contributed by atoms with Gasteiger partial charge in [-0.1, -0.05) is 24.3 Å². The number of anilines is 2. The second-order valence-corrected chi connectivity index (χ2v) is 6.96. The van der Waals surface area contributed by atoms with Crippen molar-refractivity contribution >= 4 is 17.7 Å². The van der Waals surface area contributed by atoms with Crippen molar-refractivity contribution in [3.8, 4) is 11.6 Å². The standard InChI is InChI=1S/C22H17F2N7O/c23-16-7-3-14(4-8-16)12-25-20-28-21(26-13-15-5-9-17(24)10-6-15)31-22(29-20)27-19(30-31)18-2-1-11-32-18/h1-11H,12-13H2,(H2,25,26,27,28,29,30). The van der Waals surface area contributed by atoms with E-state index in [4.69, 9.17) is 4.42 Å². The van der Waals surface area contributed by atoms with E-state index in [1.165, 1.54) is 35.0 Å². The maximum atomic E-state index is 13.2. The van der Waals surface area contributed by atoms with Crippen LogP contribution in [0.1, 0.15) is 11.1 Å². The van der Waals surface area contributed by atoms with Crippen LogP contribution in [0.4, 0.5) is 20.7 Å². The normalized spacial score (nSPS) is 11.1. The van der Waals surface area contributed by atoms with Crippen LogP contribution in [0.15, 0.2) is 71.3 Å². The zero-order valence-electron chi connectivity index (χ0n) is 16.7. The minimum Gasteiger partial charge on any atom is -0.461 e. The van der Waals surface area contributed by atoms with Crippen LogP contribution in [0.5, 0.6) is 0 Å². The van der Waals surface area contributed by atoms with E-state index in [2.05, 4.69) is 30.7 Å². The Labute approximate surface area is 181 Å². The molecular formula is C22H17F2N7O. The number of furan rings is 1. The van der Waals surface area contributed by atoms with Gasteiger partial charge in [0.05, 0.1) is 6.26 Å². The monoisotopic (exact) mass is 433 g/mol. The third-order valence-electron chi connectivity index (χ3n) is 4.68. The molecule has 0 saturated carbocycles. The smallest absolute Gasteiger partial charge is 0.259 e. The number of nitrogens with zero attached hydrogens (tertiary/aromatic N) is 5. The highest BCUT2D eigenvalue weighted by atomic mass is 19.1. The Kier molecular flexibility index (Phi) is 5.16. The molecule has 3 aromatic heterocycles. The Hall–Kier alpha value is -4.34. The van der Waals surface area contributed by atoms with Crippen molar-refractivity contribution in [1.29, 1.82) is 0 Å². The zero-order valence-corrected chi connectivity index (χ0v) is 16.7. The first-order valence-corrected chi connectivity index (χ1v) is 9.79. The largest absolute Gasteiger partial charge is 0.461 e. The Morgan fingerprint density at radius 2 is 1.44 bits per heavy atom. The number of halogens is 2. The number of hydrogen-bond donors (Lipinski definition) is 2. The Morgan fingerprint density at radius 1 is 0.781 bits per heavy atom. The van der Waals surface area contributed by atoms with Gasteiger partial charge in [-0.2, -0.15) is 19.5 Å². The van der Waals surface area contributed by atoms with Gasteiger partial charge in [-0.05, 0) is 47.5 Å². The lowest BCUT2D eigenvalue weighted by atomic mass is 10.2. The van der Waals surface area contributed by atoms with Crippen molar-refractivity contribution in [2.75, 3.05) is 10.6 Å². The van der Waals surface area contributed by atoms with Crippen molar-refractivity contribution in [2.45, 2.75) is 13.1 Å².